The molecule has 0 saturated heterocycles. The van der Waals surface area contributed by atoms with Crippen LogP contribution in [0.2, 0.25) is 5.02 Å². The Morgan fingerprint density at radius 3 is 2.52 bits per heavy atom. The first-order valence-electron chi connectivity index (χ1n) is 9.51. The monoisotopic (exact) mass is 471 g/mol. The van der Waals surface area contributed by atoms with E-state index >= 15 is 0 Å². The minimum atomic E-state index is -4.56. The molecule has 2 heterocycles. The number of carbonyl (C=O) groups is 1. The van der Waals surface area contributed by atoms with Crippen molar-refractivity contribution in [2.24, 2.45) is 0 Å². The fraction of sp³-hybridized carbons (Fsp3) is 0.350. The number of alkyl halides is 3. The van der Waals surface area contributed by atoms with Gasteiger partial charge in [0.1, 0.15) is 0 Å². The quantitative estimate of drug-likeness (QED) is 0.469. The summed E-state index contributed by atoms with van der Waals surface area (Å²) in [5.41, 5.74) is 0.859. The van der Waals surface area contributed by atoms with Crippen LogP contribution in [0.15, 0.2) is 41.7 Å². The van der Waals surface area contributed by atoms with Gasteiger partial charge in [-0.15, -0.1) is 10.2 Å². The molecule has 0 saturated carbocycles. The molecule has 31 heavy (non-hydrogen) atoms. The zero-order chi connectivity index (χ0) is 22.8. The molecule has 0 unspecified atom stereocenters. The Labute approximate surface area is 186 Å². The van der Waals surface area contributed by atoms with Crippen LogP contribution in [-0.2, 0) is 11.0 Å². The summed E-state index contributed by atoms with van der Waals surface area (Å²) in [6, 6.07) is 8.63. The summed E-state index contributed by atoms with van der Waals surface area (Å²) in [5, 5.41) is 10.4. The van der Waals surface area contributed by atoms with E-state index in [0.29, 0.717) is 11.7 Å². The molecule has 0 spiro atoms. The molecule has 0 aliphatic heterocycles. The summed E-state index contributed by atoms with van der Waals surface area (Å²) < 4.78 is 40.3. The van der Waals surface area contributed by atoms with Crippen LogP contribution in [-0.4, -0.2) is 38.8 Å². The summed E-state index contributed by atoms with van der Waals surface area (Å²) in [7, 11) is 0. The first kappa shape index (κ1) is 23.2. The Morgan fingerprint density at radius 2 is 1.94 bits per heavy atom. The van der Waals surface area contributed by atoms with Gasteiger partial charge in [-0.1, -0.05) is 23.4 Å². The molecule has 166 valence electrons. The van der Waals surface area contributed by atoms with Gasteiger partial charge in [-0.2, -0.15) is 13.2 Å². The number of pyridine rings is 1. The van der Waals surface area contributed by atoms with E-state index in [1.807, 2.05) is 24.3 Å². The van der Waals surface area contributed by atoms with Crippen molar-refractivity contribution in [2.75, 3.05) is 22.5 Å². The number of anilines is 2. The number of halogens is 4. The third-order valence-electron chi connectivity index (χ3n) is 4.53. The van der Waals surface area contributed by atoms with Crippen molar-refractivity contribution in [3.05, 3.63) is 47.1 Å². The van der Waals surface area contributed by atoms with Crippen LogP contribution >= 0.6 is 23.4 Å². The number of benzene rings is 1. The van der Waals surface area contributed by atoms with Crippen molar-refractivity contribution in [1.82, 2.24) is 14.6 Å². The van der Waals surface area contributed by atoms with Gasteiger partial charge in [0.25, 0.3) is 0 Å². The standard InChI is InChI=1S/C20H21ClF3N5OS/c1-4-28(12(2)3)15-7-5-14(6-8-15)25-17(30)11-31-19-27-26-18-16(21)9-13(10-29(18)19)20(22,23)24/h5-10,12H,4,11H2,1-3H3,(H,25,30). The predicted octanol–water partition coefficient (Wildman–Crippen LogP) is 5.37. The van der Waals surface area contributed by atoms with E-state index in [1.165, 1.54) is 0 Å². The number of aromatic nitrogens is 3. The Hall–Kier alpha value is -2.46. The molecular formula is C20H21ClF3N5OS. The van der Waals surface area contributed by atoms with Gasteiger partial charge in [-0.05, 0) is 51.1 Å². The highest BCUT2D eigenvalue weighted by Crippen LogP contribution is 2.33. The molecule has 0 radical (unpaired) electrons. The van der Waals surface area contributed by atoms with Crippen LogP contribution in [0, 0.1) is 0 Å². The van der Waals surface area contributed by atoms with Gasteiger partial charge in [0, 0.05) is 30.2 Å². The molecule has 11 heteroatoms. The highest BCUT2D eigenvalue weighted by Gasteiger charge is 2.32. The van der Waals surface area contributed by atoms with Gasteiger partial charge < -0.3 is 10.2 Å². The summed E-state index contributed by atoms with van der Waals surface area (Å²) in [6.45, 7) is 7.16. The lowest BCUT2D eigenvalue weighted by Crippen LogP contribution is -2.30. The lowest BCUT2D eigenvalue weighted by Gasteiger charge is -2.27. The first-order valence-corrected chi connectivity index (χ1v) is 10.9. The van der Waals surface area contributed by atoms with E-state index < -0.39 is 11.7 Å². The Bertz CT molecular complexity index is 1070. The van der Waals surface area contributed by atoms with Crippen molar-refractivity contribution in [3.8, 4) is 0 Å². The van der Waals surface area contributed by atoms with Gasteiger partial charge >= 0.3 is 6.18 Å². The van der Waals surface area contributed by atoms with Crippen LogP contribution in [0.25, 0.3) is 5.65 Å². The van der Waals surface area contributed by atoms with Crippen molar-refractivity contribution in [2.45, 2.75) is 38.1 Å². The molecule has 1 aromatic carbocycles. The van der Waals surface area contributed by atoms with Crippen LogP contribution in [0.5, 0.6) is 0 Å². The summed E-state index contributed by atoms with van der Waals surface area (Å²) in [4.78, 5) is 14.5. The molecule has 0 atom stereocenters. The van der Waals surface area contributed by atoms with Gasteiger partial charge in [0.05, 0.1) is 16.3 Å². The molecular weight excluding hydrogens is 451 g/mol. The van der Waals surface area contributed by atoms with Gasteiger partial charge in [0.2, 0.25) is 5.91 Å². The molecule has 0 fully saturated rings. The molecule has 6 nitrogen and oxygen atoms in total. The van der Waals surface area contributed by atoms with Crippen LogP contribution < -0.4 is 10.2 Å². The molecule has 0 aliphatic rings. The zero-order valence-electron chi connectivity index (χ0n) is 17.1. The minimum absolute atomic E-state index is 0.0521. The summed E-state index contributed by atoms with van der Waals surface area (Å²) in [6.07, 6.45) is -3.69. The number of hydrogen-bond acceptors (Lipinski definition) is 5. The average molecular weight is 472 g/mol. The third kappa shape index (κ3) is 5.43. The van der Waals surface area contributed by atoms with Crippen molar-refractivity contribution in [1.29, 1.82) is 0 Å². The van der Waals surface area contributed by atoms with Gasteiger partial charge in [-0.25, -0.2) is 0 Å². The number of nitrogens with zero attached hydrogens (tertiary/aromatic N) is 4. The number of amides is 1. The number of rotatable bonds is 7. The second-order valence-electron chi connectivity index (χ2n) is 7.01. The Kier molecular flexibility index (Phi) is 7.00. The second kappa shape index (κ2) is 9.35. The van der Waals surface area contributed by atoms with Crippen molar-refractivity contribution in [3.63, 3.8) is 0 Å². The SMILES string of the molecule is CCN(c1ccc(NC(=O)CSc2nnc3c(Cl)cc(C(F)(F)F)cn23)cc1)C(C)C. The number of hydrogen-bond donors (Lipinski definition) is 1. The van der Waals surface area contributed by atoms with E-state index in [0.717, 1.165) is 40.7 Å². The van der Waals surface area contributed by atoms with E-state index in [2.05, 4.69) is 41.2 Å². The molecule has 3 aromatic rings. The van der Waals surface area contributed by atoms with Gasteiger partial charge in [0.15, 0.2) is 10.8 Å². The maximum atomic E-state index is 13.0. The Morgan fingerprint density at radius 1 is 1.26 bits per heavy atom. The van der Waals surface area contributed by atoms with Crippen molar-refractivity contribution < 1.29 is 18.0 Å². The molecule has 2 aromatic heterocycles. The van der Waals surface area contributed by atoms with Crippen LogP contribution in [0.1, 0.15) is 26.3 Å². The summed E-state index contributed by atoms with van der Waals surface area (Å²) >= 11 is 6.87. The number of thioether (sulfide) groups is 1. The predicted molar refractivity (Wildman–Crippen MR) is 117 cm³/mol. The van der Waals surface area contributed by atoms with E-state index in [-0.39, 0.29) is 27.5 Å². The van der Waals surface area contributed by atoms with Crippen LogP contribution in [0.4, 0.5) is 24.5 Å². The minimum Gasteiger partial charge on any atom is -0.369 e. The molecule has 0 bridgehead atoms. The second-order valence-corrected chi connectivity index (χ2v) is 8.36. The number of fused-ring (bicyclic) bond motifs is 1. The van der Waals surface area contributed by atoms with E-state index in [4.69, 9.17) is 11.6 Å². The molecule has 1 amide bonds. The first-order chi connectivity index (χ1) is 14.6. The van der Waals surface area contributed by atoms with E-state index in [1.54, 1.807) is 0 Å². The fourth-order valence-corrected chi connectivity index (χ4v) is 4.05. The third-order valence-corrected chi connectivity index (χ3v) is 5.76. The highest BCUT2D eigenvalue weighted by molar-refractivity contribution is 7.99. The lowest BCUT2D eigenvalue weighted by molar-refractivity contribution is -0.137. The topological polar surface area (TPSA) is 62.5 Å². The molecule has 1 N–H and O–H groups in total. The molecule has 0 aliphatic carbocycles. The number of carbonyl (C=O) groups excluding carboxylic acids is 1. The summed E-state index contributed by atoms with van der Waals surface area (Å²) in [5.74, 6) is -0.368. The highest BCUT2D eigenvalue weighted by atomic mass is 35.5. The van der Waals surface area contributed by atoms with Gasteiger partial charge in [-0.3, -0.25) is 9.20 Å². The smallest absolute Gasteiger partial charge is 0.369 e. The van der Waals surface area contributed by atoms with Crippen molar-refractivity contribution >= 4 is 46.3 Å². The maximum absolute atomic E-state index is 13.0. The van der Waals surface area contributed by atoms with Crippen LogP contribution in [0.3, 0.4) is 0 Å². The van der Waals surface area contributed by atoms with E-state index in [9.17, 15) is 18.0 Å². The number of nitrogens with one attached hydrogen (secondary N) is 1. The fourth-order valence-electron chi connectivity index (χ4n) is 3.10. The maximum Gasteiger partial charge on any atom is 0.417 e. The average Bonchev–Trinajstić information content (AvgIpc) is 3.11. The lowest BCUT2D eigenvalue weighted by atomic mass is 10.2. The normalized spacial score (nSPS) is 11.9. The Balaban J connectivity index is 1.67. The zero-order valence-corrected chi connectivity index (χ0v) is 18.6. The molecule has 3 rings (SSSR count). The largest absolute Gasteiger partial charge is 0.417 e.